The number of hydrogen-bond donors (Lipinski definition) is 2. The summed E-state index contributed by atoms with van der Waals surface area (Å²) in [6.07, 6.45) is 1.71. The second-order valence-corrected chi connectivity index (χ2v) is 5.21. The van der Waals surface area contributed by atoms with Crippen LogP contribution >= 0.6 is 0 Å². The lowest BCUT2D eigenvalue weighted by molar-refractivity contribution is 0.318. The maximum atomic E-state index is 12.6. The Hall–Kier alpha value is -2.79. The third kappa shape index (κ3) is 3.19. The van der Waals surface area contributed by atoms with E-state index in [0.29, 0.717) is 12.0 Å². The predicted octanol–water partition coefficient (Wildman–Crippen LogP) is 2.29. The van der Waals surface area contributed by atoms with Crippen molar-refractivity contribution in [3.8, 4) is 17.2 Å². The summed E-state index contributed by atoms with van der Waals surface area (Å²) in [5.41, 5.74) is 0.650. The molecule has 0 saturated heterocycles. The van der Waals surface area contributed by atoms with Gasteiger partial charge in [-0.25, -0.2) is 0 Å². The number of fused-ring (bicyclic) bond motifs is 1. The van der Waals surface area contributed by atoms with Gasteiger partial charge in [0.15, 0.2) is 0 Å². The van der Waals surface area contributed by atoms with E-state index in [1.807, 2.05) is 37.4 Å². The zero-order valence-corrected chi connectivity index (χ0v) is 12.8. The molecular weight excluding hydrogens is 292 g/mol. The molecule has 0 bridgehead atoms. The first kappa shape index (κ1) is 15.1. The Balaban J connectivity index is 1.92. The molecule has 0 aliphatic heterocycles. The molecule has 2 N–H and O–H groups in total. The molecule has 0 atom stereocenters. The summed E-state index contributed by atoms with van der Waals surface area (Å²) in [5.74, 6) is 0.917. The van der Waals surface area contributed by atoms with Crippen molar-refractivity contribution in [2.24, 2.45) is 0 Å². The first-order valence-electron chi connectivity index (χ1n) is 7.41. The van der Waals surface area contributed by atoms with Crippen molar-refractivity contribution < 1.29 is 9.84 Å². The Kier molecular flexibility index (Phi) is 4.30. The summed E-state index contributed by atoms with van der Waals surface area (Å²) in [5, 5.41) is 13.8. The minimum Gasteiger partial charge on any atom is -0.508 e. The van der Waals surface area contributed by atoms with E-state index >= 15 is 0 Å². The number of rotatable bonds is 5. The molecule has 118 valence electrons. The molecule has 2 aromatic carbocycles. The largest absolute Gasteiger partial charge is 0.508 e. The SMILES string of the molecule is CNCCOc1ccc(-n2ccc3cc(O)ccc3c2=O)cc1. The molecule has 23 heavy (non-hydrogen) atoms. The number of benzene rings is 2. The standard InChI is InChI=1S/C18H18N2O3/c1-19-9-11-23-16-5-2-14(3-6-16)20-10-8-13-12-15(21)4-7-17(13)18(20)22/h2-8,10,12,19,21H,9,11H2,1H3. The molecular formula is C18H18N2O3. The monoisotopic (exact) mass is 310 g/mol. The highest BCUT2D eigenvalue weighted by Gasteiger charge is 2.05. The molecule has 1 heterocycles. The summed E-state index contributed by atoms with van der Waals surface area (Å²) >= 11 is 0. The summed E-state index contributed by atoms with van der Waals surface area (Å²) in [6, 6.07) is 13.9. The minimum atomic E-state index is -0.119. The zero-order valence-electron chi connectivity index (χ0n) is 12.8. The fraction of sp³-hybridized carbons (Fsp3) is 0.167. The van der Waals surface area contributed by atoms with Crippen molar-refractivity contribution in [3.05, 3.63) is 65.1 Å². The fourth-order valence-electron chi connectivity index (χ4n) is 2.41. The van der Waals surface area contributed by atoms with E-state index in [2.05, 4.69) is 5.32 Å². The van der Waals surface area contributed by atoms with E-state index in [0.717, 1.165) is 23.4 Å². The number of nitrogens with one attached hydrogen (secondary N) is 1. The highest BCUT2D eigenvalue weighted by Crippen LogP contribution is 2.19. The molecule has 3 rings (SSSR count). The normalized spacial score (nSPS) is 10.8. The molecule has 0 amide bonds. The van der Waals surface area contributed by atoms with Crippen LogP contribution < -0.4 is 15.6 Å². The van der Waals surface area contributed by atoms with Crippen molar-refractivity contribution in [2.45, 2.75) is 0 Å². The number of phenolic OH excluding ortho intramolecular Hbond substituents is 1. The van der Waals surface area contributed by atoms with Crippen LogP contribution in [0.15, 0.2) is 59.5 Å². The van der Waals surface area contributed by atoms with Gasteiger partial charge < -0.3 is 15.2 Å². The van der Waals surface area contributed by atoms with E-state index in [4.69, 9.17) is 4.74 Å². The summed E-state index contributed by atoms with van der Waals surface area (Å²) in [7, 11) is 1.87. The second-order valence-electron chi connectivity index (χ2n) is 5.21. The maximum Gasteiger partial charge on any atom is 0.262 e. The summed E-state index contributed by atoms with van der Waals surface area (Å²) in [4.78, 5) is 12.6. The van der Waals surface area contributed by atoms with Gasteiger partial charge >= 0.3 is 0 Å². The van der Waals surface area contributed by atoms with Gasteiger partial charge in [0.1, 0.15) is 18.1 Å². The van der Waals surface area contributed by atoms with Gasteiger partial charge in [-0.15, -0.1) is 0 Å². The van der Waals surface area contributed by atoms with Crippen molar-refractivity contribution in [1.82, 2.24) is 9.88 Å². The van der Waals surface area contributed by atoms with E-state index in [1.54, 1.807) is 22.9 Å². The van der Waals surface area contributed by atoms with Gasteiger partial charge in [-0.3, -0.25) is 9.36 Å². The van der Waals surface area contributed by atoms with Crippen LogP contribution in [0.1, 0.15) is 0 Å². The molecule has 3 aromatic rings. The number of ether oxygens (including phenoxy) is 1. The Bertz CT molecular complexity index is 870. The molecule has 0 unspecified atom stereocenters. The lowest BCUT2D eigenvalue weighted by Crippen LogP contribution is -2.17. The molecule has 0 saturated carbocycles. The zero-order chi connectivity index (χ0) is 16.2. The van der Waals surface area contributed by atoms with Gasteiger partial charge in [-0.1, -0.05) is 0 Å². The number of phenols is 1. The van der Waals surface area contributed by atoms with Gasteiger partial charge in [-0.05, 0) is 61.0 Å². The van der Waals surface area contributed by atoms with Gasteiger partial charge in [-0.2, -0.15) is 0 Å². The van der Waals surface area contributed by atoms with Crippen LogP contribution in [0.3, 0.4) is 0 Å². The molecule has 0 spiro atoms. The van der Waals surface area contributed by atoms with E-state index in [-0.39, 0.29) is 11.3 Å². The highest BCUT2D eigenvalue weighted by atomic mass is 16.5. The van der Waals surface area contributed by atoms with Crippen LogP contribution in [-0.2, 0) is 0 Å². The van der Waals surface area contributed by atoms with Crippen LogP contribution in [0.2, 0.25) is 0 Å². The molecule has 0 radical (unpaired) electrons. The second kappa shape index (κ2) is 6.54. The van der Waals surface area contributed by atoms with Crippen LogP contribution in [0.5, 0.6) is 11.5 Å². The van der Waals surface area contributed by atoms with E-state index in [1.165, 1.54) is 6.07 Å². The fourth-order valence-corrected chi connectivity index (χ4v) is 2.41. The van der Waals surface area contributed by atoms with Crippen LogP contribution in [0.4, 0.5) is 0 Å². The first-order chi connectivity index (χ1) is 11.2. The molecule has 0 fully saturated rings. The third-order valence-electron chi connectivity index (χ3n) is 3.62. The van der Waals surface area contributed by atoms with Crippen molar-refractivity contribution in [3.63, 3.8) is 0 Å². The molecule has 0 aliphatic carbocycles. The number of likely N-dealkylation sites (N-methyl/N-ethyl adjacent to an activating group) is 1. The van der Waals surface area contributed by atoms with Crippen molar-refractivity contribution >= 4 is 10.8 Å². The number of hydrogen-bond acceptors (Lipinski definition) is 4. The topological polar surface area (TPSA) is 63.5 Å². The average molecular weight is 310 g/mol. The number of nitrogens with zero attached hydrogens (tertiary/aromatic N) is 1. The third-order valence-corrected chi connectivity index (χ3v) is 3.62. The Morgan fingerprint density at radius 3 is 2.65 bits per heavy atom. The first-order valence-corrected chi connectivity index (χ1v) is 7.41. The van der Waals surface area contributed by atoms with E-state index in [9.17, 15) is 9.90 Å². The molecule has 1 aromatic heterocycles. The lowest BCUT2D eigenvalue weighted by Gasteiger charge is -2.09. The Morgan fingerprint density at radius 1 is 1.13 bits per heavy atom. The van der Waals surface area contributed by atoms with Gasteiger partial charge in [0.05, 0.1) is 0 Å². The van der Waals surface area contributed by atoms with Crippen LogP contribution in [0, 0.1) is 0 Å². The van der Waals surface area contributed by atoms with Crippen LogP contribution in [0.25, 0.3) is 16.5 Å². The predicted molar refractivity (Wildman–Crippen MR) is 90.6 cm³/mol. The van der Waals surface area contributed by atoms with Gasteiger partial charge in [0.25, 0.3) is 5.56 Å². The number of pyridine rings is 1. The van der Waals surface area contributed by atoms with Gasteiger partial charge in [0, 0.05) is 23.8 Å². The number of aromatic hydroxyl groups is 1. The van der Waals surface area contributed by atoms with Crippen molar-refractivity contribution in [2.75, 3.05) is 20.2 Å². The molecule has 5 nitrogen and oxygen atoms in total. The average Bonchev–Trinajstić information content (AvgIpc) is 2.56. The molecule has 5 heteroatoms. The highest BCUT2D eigenvalue weighted by molar-refractivity contribution is 5.83. The Labute approximate surface area is 133 Å². The van der Waals surface area contributed by atoms with Gasteiger partial charge in [0.2, 0.25) is 0 Å². The summed E-state index contributed by atoms with van der Waals surface area (Å²) < 4.78 is 7.15. The Morgan fingerprint density at radius 2 is 1.91 bits per heavy atom. The smallest absolute Gasteiger partial charge is 0.262 e. The van der Waals surface area contributed by atoms with Crippen molar-refractivity contribution in [1.29, 1.82) is 0 Å². The summed E-state index contributed by atoms with van der Waals surface area (Å²) in [6.45, 7) is 1.37. The maximum absolute atomic E-state index is 12.6. The number of aromatic nitrogens is 1. The molecule has 0 aliphatic rings. The lowest BCUT2D eigenvalue weighted by atomic mass is 10.1. The van der Waals surface area contributed by atoms with Crippen LogP contribution in [-0.4, -0.2) is 29.9 Å². The quantitative estimate of drug-likeness (QED) is 0.710. The minimum absolute atomic E-state index is 0.119. The van der Waals surface area contributed by atoms with E-state index < -0.39 is 0 Å².